The molecule has 0 heterocycles. The largest absolute Gasteiger partial charge is 0.377 e. The van der Waals surface area contributed by atoms with E-state index in [9.17, 15) is 9.18 Å². The molecule has 1 rings (SSSR count). The minimum Gasteiger partial charge on any atom is -0.377 e. The van der Waals surface area contributed by atoms with Gasteiger partial charge in [0.15, 0.2) is 5.78 Å². The fraction of sp³-hybridized carbons (Fsp3) is 0.364. The summed E-state index contributed by atoms with van der Waals surface area (Å²) in [5.41, 5.74) is 0.806. The average Bonchev–Trinajstić information content (AvgIpc) is 2.18. The molecule has 0 N–H and O–H groups in total. The number of hydrogen-bond donors (Lipinski definition) is 0. The van der Waals surface area contributed by atoms with Gasteiger partial charge in [-0.1, -0.05) is 0 Å². The van der Waals surface area contributed by atoms with E-state index in [1.165, 1.54) is 19.2 Å². The van der Waals surface area contributed by atoms with Gasteiger partial charge in [-0.25, -0.2) is 4.39 Å². The molecule has 1 aromatic carbocycles. The maximum absolute atomic E-state index is 12.6. The lowest BCUT2D eigenvalue weighted by molar-refractivity contribution is -0.121. The van der Waals surface area contributed by atoms with E-state index in [2.05, 4.69) is 0 Å². The molecule has 0 aliphatic rings. The number of ketones is 1. The number of carbonyl (C=O) groups is 1. The van der Waals surface area contributed by atoms with Gasteiger partial charge in [0.25, 0.3) is 0 Å². The molecule has 0 aliphatic heterocycles. The van der Waals surface area contributed by atoms with Crippen LogP contribution in [0.1, 0.15) is 0 Å². The Morgan fingerprint density at radius 2 is 2.00 bits per heavy atom. The molecule has 0 fully saturated rings. The zero-order valence-electron chi connectivity index (χ0n) is 8.87. The maximum Gasteiger partial charge on any atom is 0.177 e. The minimum absolute atomic E-state index is 0.00988. The summed E-state index contributed by atoms with van der Waals surface area (Å²) in [6, 6.07) is 6.00. The third-order valence-corrected chi connectivity index (χ3v) is 1.99. The van der Waals surface area contributed by atoms with Gasteiger partial charge in [-0.05, 0) is 24.3 Å². The van der Waals surface area contributed by atoms with E-state index in [-0.39, 0.29) is 24.8 Å². The van der Waals surface area contributed by atoms with Crippen molar-refractivity contribution in [1.29, 1.82) is 0 Å². The molecule has 3 nitrogen and oxygen atoms in total. The molecule has 0 bridgehead atoms. The molecule has 0 saturated heterocycles. The van der Waals surface area contributed by atoms with Crippen LogP contribution in [0.25, 0.3) is 0 Å². The third-order valence-electron chi connectivity index (χ3n) is 1.99. The average molecular weight is 211 g/mol. The smallest absolute Gasteiger partial charge is 0.177 e. The van der Waals surface area contributed by atoms with Gasteiger partial charge in [-0.15, -0.1) is 0 Å². The zero-order chi connectivity index (χ0) is 11.3. The lowest BCUT2D eigenvalue weighted by atomic mass is 10.2. The molecule has 0 aromatic heterocycles. The summed E-state index contributed by atoms with van der Waals surface area (Å²) in [6.45, 7) is 0.366. The molecule has 1 aromatic rings. The molecule has 0 atom stereocenters. The van der Waals surface area contributed by atoms with Crippen molar-refractivity contribution in [3.63, 3.8) is 0 Å². The van der Waals surface area contributed by atoms with Crippen molar-refractivity contribution in [2.24, 2.45) is 0 Å². The topological polar surface area (TPSA) is 29.5 Å². The molecular formula is C11H14FNO2. The lowest BCUT2D eigenvalue weighted by Gasteiger charge is -2.17. The Morgan fingerprint density at radius 1 is 1.40 bits per heavy atom. The number of Topliss-reactive ketones (excluding diaryl/α,β-unsaturated/α-hetero) is 1. The van der Waals surface area contributed by atoms with Crippen LogP contribution in [0.5, 0.6) is 0 Å². The van der Waals surface area contributed by atoms with Crippen LogP contribution in [0, 0.1) is 5.82 Å². The number of hydrogen-bond acceptors (Lipinski definition) is 3. The number of benzene rings is 1. The van der Waals surface area contributed by atoms with Crippen LogP contribution in [0.2, 0.25) is 0 Å². The SMILES string of the molecule is COCC(=O)CN(C)c1ccc(F)cc1. The first kappa shape index (κ1) is 11.7. The molecule has 0 amide bonds. The first-order valence-corrected chi connectivity index (χ1v) is 4.61. The molecule has 0 spiro atoms. The molecule has 4 heteroatoms. The van der Waals surface area contributed by atoms with E-state index in [0.717, 1.165) is 5.69 Å². The third kappa shape index (κ3) is 3.67. The Kier molecular flexibility index (Phi) is 4.24. The highest BCUT2D eigenvalue weighted by Crippen LogP contribution is 2.12. The highest BCUT2D eigenvalue weighted by molar-refractivity contribution is 5.84. The van der Waals surface area contributed by atoms with Crippen molar-refractivity contribution < 1.29 is 13.9 Å². The number of carbonyl (C=O) groups excluding carboxylic acids is 1. The molecule has 82 valence electrons. The van der Waals surface area contributed by atoms with E-state index >= 15 is 0 Å². The summed E-state index contributed by atoms with van der Waals surface area (Å²) in [5.74, 6) is -0.292. The molecule has 0 radical (unpaired) electrons. The molecular weight excluding hydrogens is 197 g/mol. The molecule has 0 unspecified atom stereocenters. The Hall–Kier alpha value is -1.42. The lowest BCUT2D eigenvalue weighted by Crippen LogP contribution is -2.27. The Balaban J connectivity index is 2.57. The van der Waals surface area contributed by atoms with Gasteiger partial charge in [0.1, 0.15) is 12.4 Å². The molecule has 15 heavy (non-hydrogen) atoms. The van der Waals surface area contributed by atoms with E-state index in [4.69, 9.17) is 4.74 Å². The molecule has 0 aliphatic carbocycles. The standard InChI is InChI=1S/C11H14FNO2/c1-13(7-11(14)8-15-2)10-5-3-9(12)4-6-10/h3-6H,7-8H2,1-2H3. The van der Waals surface area contributed by atoms with Crippen LogP contribution in [0.3, 0.4) is 0 Å². The van der Waals surface area contributed by atoms with Crippen molar-refractivity contribution in [1.82, 2.24) is 0 Å². The van der Waals surface area contributed by atoms with Gasteiger partial charge in [0.2, 0.25) is 0 Å². The summed E-state index contributed by atoms with van der Waals surface area (Å²) in [6.07, 6.45) is 0. The quantitative estimate of drug-likeness (QED) is 0.738. The number of ether oxygens (including phenoxy) is 1. The second kappa shape index (κ2) is 5.46. The predicted molar refractivity (Wildman–Crippen MR) is 56.6 cm³/mol. The zero-order valence-corrected chi connectivity index (χ0v) is 8.87. The highest BCUT2D eigenvalue weighted by Gasteiger charge is 2.06. The molecule has 0 saturated carbocycles. The predicted octanol–water partition coefficient (Wildman–Crippen LogP) is 1.48. The van der Waals surface area contributed by atoms with Crippen molar-refractivity contribution in [2.75, 3.05) is 32.2 Å². The van der Waals surface area contributed by atoms with Crippen LogP contribution < -0.4 is 4.90 Å². The van der Waals surface area contributed by atoms with Gasteiger partial charge in [-0.2, -0.15) is 0 Å². The van der Waals surface area contributed by atoms with Gasteiger partial charge < -0.3 is 9.64 Å². The maximum atomic E-state index is 12.6. The number of nitrogens with zero attached hydrogens (tertiary/aromatic N) is 1. The van der Waals surface area contributed by atoms with Crippen molar-refractivity contribution >= 4 is 11.5 Å². The van der Waals surface area contributed by atoms with Crippen LogP contribution in [-0.4, -0.2) is 33.1 Å². The van der Waals surface area contributed by atoms with Gasteiger partial charge in [-0.3, -0.25) is 4.79 Å². The second-order valence-corrected chi connectivity index (χ2v) is 3.30. The van der Waals surface area contributed by atoms with E-state index in [1.54, 1.807) is 24.1 Å². The Labute approximate surface area is 88.5 Å². The highest BCUT2D eigenvalue weighted by atomic mass is 19.1. The van der Waals surface area contributed by atoms with Crippen LogP contribution >= 0.6 is 0 Å². The summed E-state index contributed by atoms with van der Waals surface area (Å²) < 4.78 is 17.4. The second-order valence-electron chi connectivity index (χ2n) is 3.30. The van der Waals surface area contributed by atoms with Crippen molar-refractivity contribution in [2.45, 2.75) is 0 Å². The number of anilines is 1. The fourth-order valence-electron chi connectivity index (χ4n) is 1.26. The first-order valence-electron chi connectivity index (χ1n) is 4.61. The van der Waals surface area contributed by atoms with Gasteiger partial charge in [0, 0.05) is 19.8 Å². The summed E-state index contributed by atoms with van der Waals surface area (Å²) >= 11 is 0. The number of rotatable bonds is 5. The van der Waals surface area contributed by atoms with Crippen LogP contribution in [-0.2, 0) is 9.53 Å². The normalized spacial score (nSPS) is 10.1. The summed E-state index contributed by atoms with van der Waals surface area (Å²) in [7, 11) is 3.26. The van der Waals surface area contributed by atoms with E-state index < -0.39 is 0 Å². The Morgan fingerprint density at radius 3 is 2.53 bits per heavy atom. The Bertz CT molecular complexity index is 324. The van der Waals surface area contributed by atoms with E-state index in [1.807, 2.05) is 0 Å². The number of methoxy groups -OCH3 is 1. The number of likely N-dealkylation sites (N-methyl/N-ethyl adjacent to an activating group) is 1. The van der Waals surface area contributed by atoms with Crippen molar-refractivity contribution in [3.8, 4) is 0 Å². The number of halogens is 1. The van der Waals surface area contributed by atoms with Crippen LogP contribution in [0.4, 0.5) is 10.1 Å². The minimum atomic E-state index is -0.282. The van der Waals surface area contributed by atoms with Crippen molar-refractivity contribution in [3.05, 3.63) is 30.1 Å². The summed E-state index contributed by atoms with van der Waals surface area (Å²) in [4.78, 5) is 13.0. The monoisotopic (exact) mass is 211 g/mol. The van der Waals surface area contributed by atoms with Crippen LogP contribution in [0.15, 0.2) is 24.3 Å². The van der Waals surface area contributed by atoms with Gasteiger partial charge in [0.05, 0.1) is 6.54 Å². The fourth-order valence-corrected chi connectivity index (χ4v) is 1.26. The summed E-state index contributed by atoms with van der Waals surface area (Å²) in [5, 5.41) is 0. The first-order chi connectivity index (χ1) is 7.13. The van der Waals surface area contributed by atoms with E-state index in [0.29, 0.717) is 0 Å². The van der Waals surface area contributed by atoms with Gasteiger partial charge >= 0.3 is 0 Å².